The molecule has 2 heterocycles. The van der Waals surface area contributed by atoms with Crippen molar-refractivity contribution in [3.8, 4) is 6.07 Å². The lowest BCUT2D eigenvalue weighted by Crippen LogP contribution is -2.58. The Bertz CT molecular complexity index is 933. The summed E-state index contributed by atoms with van der Waals surface area (Å²) >= 11 is 0. The Kier molecular flexibility index (Phi) is 6.73. The van der Waals surface area contributed by atoms with Crippen LogP contribution in [0, 0.1) is 30.0 Å². The molecule has 0 saturated carbocycles. The summed E-state index contributed by atoms with van der Waals surface area (Å²) in [5, 5.41) is 19.1. The van der Waals surface area contributed by atoms with Crippen molar-refractivity contribution in [2.75, 3.05) is 18.4 Å². The zero-order valence-electron chi connectivity index (χ0n) is 17.0. The Morgan fingerprint density at radius 2 is 2.27 bits per heavy atom. The normalized spacial score (nSPS) is 27.1. The second-order valence-electron chi connectivity index (χ2n) is 7.48. The van der Waals surface area contributed by atoms with Gasteiger partial charge >= 0.3 is 6.03 Å². The number of halogens is 2. The number of amides is 3. The molecule has 3 rings (SSSR count). The minimum absolute atomic E-state index is 0.129. The molecule has 1 saturated heterocycles. The number of alkyl halides is 1. The van der Waals surface area contributed by atoms with Crippen molar-refractivity contribution in [2.45, 2.75) is 50.3 Å². The molecule has 7 nitrogen and oxygen atoms in total. The first-order valence-electron chi connectivity index (χ1n) is 9.73. The average Bonchev–Trinajstić information content (AvgIpc) is 2.68. The van der Waals surface area contributed by atoms with Gasteiger partial charge < -0.3 is 16.0 Å². The first-order chi connectivity index (χ1) is 14.2. The van der Waals surface area contributed by atoms with Gasteiger partial charge in [-0.1, -0.05) is 10.7 Å². The monoisotopic (exact) mass is 437 g/mol. The molecule has 0 aromatic heterocycles. The molecule has 1 aromatic carbocycles. The predicted octanol–water partition coefficient (Wildman–Crippen LogP) is 2.69. The summed E-state index contributed by atoms with van der Waals surface area (Å²) < 4.78 is 29.5. The van der Waals surface area contributed by atoms with E-state index < -0.39 is 46.7 Å². The summed E-state index contributed by atoms with van der Waals surface area (Å²) in [7, 11) is -0.824. The maximum absolute atomic E-state index is 14.4. The number of fused-ring (bicyclic) bond motifs is 1. The molecule has 1 aromatic rings. The SMILES string of the molecule is C/C=S1\c2c(C)cc(F)cc2NC(=O)N1CC(=O)N[C@@H](C)C1NCC(C#N)CC1F. The Balaban J connectivity index is 1.70. The molecule has 2 aliphatic heterocycles. The fourth-order valence-electron chi connectivity index (χ4n) is 3.88. The fourth-order valence-corrected chi connectivity index (χ4v) is 5.80. The smallest absolute Gasteiger partial charge is 0.332 e. The van der Waals surface area contributed by atoms with Gasteiger partial charge in [-0.15, -0.1) is 0 Å². The van der Waals surface area contributed by atoms with Gasteiger partial charge in [-0.3, -0.25) is 9.10 Å². The number of benzene rings is 1. The third-order valence-corrected chi connectivity index (χ3v) is 7.45. The minimum Gasteiger partial charge on any atom is -0.350 e. The first-order valence-corrected chi connectivity index (χ1v) is 11.0. The van der Waals surface area contributed by atoms with Crippen LogP contribution in [0.25, 0.3) is 0 Å². The lowest BCUT2D eigenvalue weighted by molar-refractivity contribution is -0.121. The average molecular weight is 438 g/mol. The summed E-state index contributed by atoms with van der Waals surface area (Å²) in [4.78, 5) is 26.0. The Morgan fingerprint density at radius 3 is 2.90 bits per heavy atom. The molecule has 0 bridgehead atoms. The third kappa shape index (κ3) is 4.47. The lowest BCUT2D eigenvalue weighted by Gasteiger charge is -2.36. The van der Waals surface area contributed by atoms with Gasteiger partial charge in [0, 0.05) is 17.5 Å². The maximum atomic E-state index is 14.4. The largest absolute Gasteiger partial charge is 0.350 e. The maximum Gasteiger partial charge on any atom is 0.332 e. The van der Waals surface area contributed by atoms with Gasteiger partial charge in [-0.05, 0) is 50.3 Å². The second kappa shape index (κ2) is 9.10. The van der Waals surface area contributed by atoms with Gasteiger partial charge in [-0.25, -0.2) is 13.6 Å². The lowest BCUT2D eigenvalue weighted by atomic mass is 9.90. The highest BCUT2D eigenvalue weighted by Gasteiger charge is 2.35. The van der Waals surface area contributed by atoms with Crippen molar-refractivity contribution < 1.29 is 18.4 Å². The first kappa shape index (κ1) is 22.2. The highest BCUT2D eigenvalue weighted by Crippen LogP contribution is 2.43. The summed E-state index contributed by atoms with van der Waals surface area (Å²) in [5.74, 6) is -1.24. The molecular weight excluding hydrogens is 412 g/mol. The number of carbonyl (C=O) groups excluding carboxylic acids is 2. The number of anilines is 1. The number of nitrogens with zero attached hydrogens (tertiary/aromatic N) is 2. The van der Waals surface area contributed by atoms with E-state index in [0.29, 0.717) is 17.8 Å². The van der Waals surface area contributed by atoms with E-state index >= 15 is 0 Å². The fraction of sp³-hybridized carbons (Fsp3) is 0.500. The van der Waals surface area contributed by atoms with Crippen molar-refractivity contribution in [3.63, 3.8) is 0 Å². The Labute approximate surface area is 176 Å². The zero-order valence-corrected chi connectivity index (χ0v) is 17.9. The van der Waals surface area contributed by atoms with E-state index in [1.165, 1.54) is 16.4 Å². The molecule has 162 valence electrons. The van der Waals surface area contributed by atoms with Crippen molar-refractivity contribution in [1.82, 2.24) is 14.9 Å². The van der Waals surface area contributed by atoms with Gasteiger partial charge in [0.25, 0.3) is 0 Å². The van der Waals surface area contributed by atoms with Gasteiger partial charge in [0.05, 0.1) is 23.7 Å². The molecule has 4 unspecified atom stereocenters. The molecule has 5 atom stereocenters. The number of nitrogens with one attached hydrogen (secondary N) is 3. The van der Waals surface area contributed by atoms with E-state index in [9.17, 15) is 18.4 Å². The quantitative estimate of drug-likeness (QED) is 0.631. The van der Waals surface area contributed by atoms with Gasteiger partial charge in [0.15, 0.2) is 0 Å². The molecule has 1 fully saturated rings. The number of aryl methyl sites for hydroxylation is 1. The number of nitriles is 1. The van der Waals surface area contributed by atoms with Crippen LogP contribution in [0.4, 0.5) is 19.3 Å². The standard InChI is InChI=1S/C20H25F2N5O2S/c1-4-30-19-11(2)5-14(21)7-16(19)26-20(29)27(30)10-17(28)25-12(3)18-15(22)6-13(8-23)9-24-18/h4-5,7,12-13,15,18,24H,6,9-10H2,1-3H3,(H,25,28)(H,26,29)/t12-,13?,15?,18?,30?/m0/s1. The van der Waals surface area contributed by atoms with Gasteiger partial charge in [0.1, 0.15) is 18.5 Å². The molecule has 3 amide bonds. The predicted molar refractivity (Wildman–Crippen MR) is 112 cm³/mol. The van der Waals surface area contributed by atoms with Crippen molar-refractivity contribution in [3.05, 3.63) is 23.5 Å². The minimum atomic E-state index is -1.25. The van der Waals surface area contributed by atoms with E-state index in [4.69, 9.17) is 5.26 Å². The van der Waals surface area contributed by atoms with Gasteiger partial charge in [0.2, 0.25) is 5.91 Å². The number of carbonyl (C=O) groups is 2. The number of hydrogen-bond acceptors (Lipinski definition) is 4. The van der Waals surface area contributed by atoms with Gasteiger partial charge in [-0.2, -0.15) is 5.26 Å². The second-order valence-corrected chi connectivity index (χ2v) is 9.43. The topological polar surface area (TPSA) is 97.3 Å². The molecule has 0 aliphatic carbocycles. The Hall–Kier alpha value is -2.51. The molecular formula is C20H25F2N5O2S. The van der Waals surface area contributed by atoms with Crippen LogP contribution in [-0.4, -0.2) is 53.0 Å². The Morgan fingerprint density at radius 1 is 1.53 bits per heavy atom. The van der Waals surface area contributed by atoms with E-state index in [2.05, 4.69) is 22.0 Å². The number of hydrogen-bond donors (Lipinski definition) is 3. The zero-order chi connectivity index (χ0) is 22.0. The van der Waals surface area contributed by atoms with E-state index in [1.54, 1.807) is 20.8 Å². The highest BCUT2D eigenvalue weighted by atomic mass is 32.2. The highest BCUT2D eigenvalue weighted by molar-refractivity contribution is 8.13. The molecule has 2 aliphatic rings. The summed E-state index contributed by atoms with van der Waals surface area (Å²) in [6, 6.07) is 3.11. The molecule has 0 radical (unpaired) electrons. The van der Waals surface area contributed by atoms with Crippen molar-refractivity contribution in [2.24, 2.45) is 5.92 Å². The summed E-state index contributed by atoms with van der Waals surface area (Å²) in [5.41, 5.74) is 1.09. The summed E-state index contributed by atoms with van der Waals surface area (Å²) in [6.45, 7) is 5.39. The molecule has 30 heavy (non-hydrogen) atoms. The summed E-state index contributed by atoms with van der Waals surface area (Å²) in [6.07, 6.45) is -1.12. The number of rotatable bonds is 4. The van der Waals surface area contributed by atoms with Crippen LogP contribution in [0.2, 0.25) is 0 Å². The molecule has 0 spiro atoms. The van der Waals surface area contributed by atoms with E-state index in [0.717, 1.165) is 4.90 Å². The van der Waals surface area contributed by atoms with Crippen LogP contribution in [0.1, 0.15) is 25.8 Å². The van der Waals surface area contributed by atoms with Crippen LogP contribution in [-0.2, 0) is 4.79 Å². The van der Waals surface area contributed by atoms with Crippen molar-refractivity contribution in [1.29, 1.82) is 5.26 Å². The molecule has 3 N–H and O–H groups in total. The molecule has 10 heteroatoms. The van der Waals surface area contributed by atoms with Crippen LogP contribution < -0.4 is 16.0 Å². The van der Waals surface area contributed by atoms with Crippen LogP contribution in [0.15, 0.2) is 17.0 Å². The third-order valence-electron chi connectivity index (χ3n) is 5.27. The van der Waals surface area contributed by atoms with Crippen LogP contribution >= 0.6 is 10.7 Å². The van der Waals surface area contributed by atoms with E-state index in [1.807, 2.05) is 5.37 Å². The van der Waals surface area contributed by atoms with Crippen molar-refractivity contribution >= 4 is 33.7 Å². The van der Waals surface area contributed by atoms with E-state index in [-0.39, 0.29) is 18.9 Å². The number of urea groups is 1. The van der Waals surface area contributed by atoms with Crippen LogP contribution in [0.3, 0.4) is 0 Å². The number of piperidine rings is 1. The van der Waals surface area contributed by atoms with Crippen LogP contribution in [0.5, 0.6) is 0 Å².